The van der Waals surface area contributed by atoms with E-state index in [4.69, 9.17) is 57.4 Å². The summed E-state index contributed by atoms with van der Waals surface area (Å²) in [4.78, 5) is 118. The molecule has 0 aromatic heterocycles. The number of hydrogen-bond acceptors (Lipinski definition) is 25. The van der Waals surface area contributed by atoms with Gasteiger partial charge < -0.3 is 128 Å². The molecule has 18 atom stereocenters. The van der Waals surface area contributed by atoms with Crippen LogP contribution < -0.4 is 78.4 Å². The summed E-state index contributed by atoms with van der Waals surface area (Å²) >= 11 is 14.4. The topological polar surface area (TPSA) is 517 Å². The van der Waals surface area contributed by atoms with Crippen LogP contribution in [0.2, 0.25) is 10.0 Å². The van der Waals surface area contributed by atoms with Crippen LogP contribution in [0.3, 0.4) is 0 Å². The lowest BCUT2D eigenvalue weighted by molar-refractivity contribution is -0.334. The third kappa shape index (κ3) is 19.4. The molecule has 7 heterocycles. The summed E-state index contributed by atoms with van der Waals surface area (Å²) < 4.78 is 39.9. The Morgan fingerprint density at radius 1 is 0.637 bits per heavy atom. The minimum atomic E-state index is -2.36. The molecule has 7 aliphatic rings. The first-order valence-electron chi connectivity index (χ1n) is 40.2. The third-order valence-corrected chi connectivity index (χ3v) is 27.9. The van der Waals surface area contributed by atoms with Crippen molar-refractivity contribution in [2.45, 2.75) is 169 Å². The molecule has 36 heteroatoms. The molecule has 20 N–H and O–H groups in total. The molecular formula is C88H97Cl2N9O24P+. The summed E-state index contributed by atoms with van der Waals surface area (Å²) in [5, 5.41) is 141. The van der Waals surface area contributed by atoms with Crippen LogP contribution in [0, 0.1) is 5.92 Å². The highest BCUT2D eigenvalue weighted by Gasteiger charge is 2.53. The maximum absolute atomic E-state index is 16.3. The maximum Gasteiger partial charge on any atom is 0.330 e. The number of aliphatic hydroxyl groups is 6. The van der Waals surface area contributed by atoms with E-state index in [0.29, 0.717) is 13.0 Å². The Labute approximate surface area is 722 Å². The number of phenols is 3. The summed E-state index contributed by atoms with van der Waals surface area (Å²) in [5.74, 6) is -16.0. The molecule has 33 nitrogen and oxygen atoms in total. The van der Waals surface area contributed by atoms with Gasteiger partial charge in [-0.1, -0.05) is 110 Å². The first-order chi connectivity index (χ1) is 59.2. The number of fused-ring (bicyclic) bond motifs is 15. The highest BCUT2D eigenvalue weighted by molar-refractivity contribution is 7.95. The number of primary amides is 1. The van der Waals surface area contributed by atoms with Gasteiger partial charge in [-0.3, -0.25) is 33.6 Å². The number of rotatable bonds is 22. The predicted molar refractivity (Wildman–Crippen MR) is 452 cm³/mol. The van der Waals surface area contributed by atoms with Crippen molar-refractivity contribution in [3.8, 4) is 57.1 Å². The van der Waals surface area contributed by atoms with Crippen molar-refractivity contribution in [3.63, 3.8) is 0 Å². The number of amides is 7. The van der Waals surface area contributed by atoms with E-state index >= 15 is 24.0 Å². The van der Waals surface area contributed by atoms with Gasteiger partial charge >= 0.3 is 5.97 Å². The number of aliphatic hydroxyl groups excluding tert-OH is 6. The molecule has 0 radical (unpaired) electrons. The van der Waals surface area contributed by atoms with Gasteiger partial charge in [0, 0.05) is 34.7 Å². The van der Waals surface area contributed by atoms with Crippen molar-refractivity contribution < 1.29 is 118 Å². The molecule has 0 spiro atoms. The first kappa shape index (κ1) is 90.6. The van der Waals surface area contributed by atoms with Gasteiger partial charge in [0.05, 0.1) is 47.5 Å². The summed E-state index contributed by atoms with van der Waals surface area (Å²) in [6, 6.07) is 30.7. The van der Waals surface area contributed by atoms with E-state index in [2.05, 4.69) is 78.9 Å². The Kier molecular flexibility index (Phi) is 28.2. The zero-order valence-corrected chi connectivity index (χ0v) is 70.1. The fourth-order valence-electron chi connectivity index (χ4n) is 16.4. The second-order valence-electron chi connectivity index (χ2n) is 31.8. The number of phenolic OH excluding ortho intramolecular Hbond substituents is 3. The van der Waals surface area contributed by atoms with E-state index in [1.54, 1.807) is 13.8 Å². The molecule has 8 aromatic carbocycles. The van der Waals surface area contributed by atoms with Crippen molar-refractivity contribution in [3.05, 3.63) is 208 Å². The monoisotopic (exact) mass is 1760 g/mol. The molecule has 124 heavy (non-hydrogen) atoms. The molecule has 11 bridgehead atoms. The number of carbonyl (C=O) groups is 8. The molecule has 0 aliphatic carbocycles. The van der Waals surface area contributed by atoms with Gasteiger partial charge in [-0.2, -0.15) is 0 Å². The van der Waals surface area contributed by atoms with Gasteiger partial charge in [-0.05, 0) is 166 Å². The number of aliphatic carboxylic acids is 1. The molecule has 2 saturated heterocycles. The summed E-state index contributed by atoms with van der Waals surface area (Å²) in [6.45, 7) is 6.44. The molecule has 8 aromatic rings. The molecule has 2 fully saturated rings. The Morgan fingerprint density at radius 3 is 1.77 bits per heavy atom. The van der Waals surface area contributed by atoms with E-state index in [0.717, 1.165) is 79.3 Å². The maximum atomic E-state index is 16.3. The van der Waals surface area contributed by atoms with Gasteiger partial charge in [0.1, 0.15) is 113 Å². The number of nitrogens with two attached hydrogens (primary N) is 1. The van der Waals surface area contributed by atoms with E-state index in [1.807, 2.05) is 68.4 Å². The lowest BCUT2D eigenvalue weighted by Gasteiger charge is -2.48. The largest absolute Gasteiger partial charge is 0.508 e. The highest BCUT2D eigenvalue weighted by atomic mass is 35.5. The van der Waals surface area contributed by atoms with Gasteiger partial charge in [0.15, 0.2) is 29.9 Å². The van der Waals surface area contributed by atoms with Crippen molar-refractivity contribution in [1.82, 2.24) is 42.5 Å². The molecule has 0 saturated carbocycles. The van der Waals surface area contributed by atoms with Crippen LogP contribution in [-0.4, -0.2) is 204 Å². The molecular weight excluding hydrogens is 1670 g/mol. The van der Waals surface area contributed by atoms with Crippen LogP contribution >= 0.6 is 30.5 Å². The number of ether oxygens (including phenoxy) is 6. The Hall–Kier alpha value is -11.1. The van der Waals surface area contributed by atoms with Gasteiger partial charge in [0.25, 0.3) is 0 Å². The molecule has 7 aliphatic heterocycles. The molecule has 18 unspecified atom stereocenters. The van der Waals surface area contributed by atoms with Gasteiger partial charge in [0.2, 0.25) is 53.4 Å². The van der Waals surface area contributed by atoms with E-state index < -0.39 is 244 Å². The zero-order valence-electron chi connectivity index (χ0n) is 67.7. The van der Waals surface area contributed by atoms with Crippen LogP contribution in [0.15, 0.2) is 170 Å². The van der Waals surface area contributed by atoms with Crippen LogP contribution in [0.4, 0.5) is 0 Å². The average Bonchev–Trinajstić information content (AvgIpc) is 0.782. The number of unbranched alkanes of at least 4 members (excludes halogenated alkanes) is 1. The number of carbonyl (C=O) groups excluding carboxylic acids is 7. The number of nitrogens with one attached hydrogen (secondary N) is 8. The third-order valence-electron chi connectivity index (χ3n) is 22.8. The minimum Gasteiger partial charge on any atom is -0.508 e. The Bertz CT molecular complexity index is 5210. The lowest BCUT2D eigenvalue weighted by Crippen LogP contribution is -2.65. The summed E-state index contributed by atoms with van der Waals surface area (Å²) in [6.07, 6.45) is -16.4. The number of benzene rings is 8. The lowest BCUT2D eigenvalue weighted by atomic mass is 9.85. The number of aromatic hydroxyl groups is 3. The molecule has 15 rings (SSSR count). The number of carboxylic acid groups (broad SMARTS) is 1. The van der Waals surface area contributed by atoms with Gasteiger partial charge in [-0.25, -0.2) is 4.79 Å². The van der Waals surface area contributed by atoms with Crippen molar-refractivity contribution in [1.29, 1.82) is 0 Å². The Balaban J connectivity index is 0.946. The molecule has 656 valence electrons. The van der Waals surface area contributed by atoms with Gasteiger partial charge in [-0.15, -0.1) is 0 Å². The first-order valence-corrected chi connectivity index (χ1v) is 42.9. The smallest absolute Gasteiger partial charge is 0.330 e. The highest BCUT2D eigenvalue weighted by Crippen LogP contribution is 2.57. The van der Waals surface area contributed by atoms with E-state index in [9.17, 15) is 65.4 Å². The predicted octanol–water partition coefficient (Wildman–Crippen LogP) is 4.51. The summed E-state index contributed by atoms with van der Waals surface area (Å²) in [5.41, 5.74) is 1.78. The number of likely N-dealkylation sites (N-methyl/N-ethyl adjacent to an activating group) is 1. The summed E-state index contributed by atoms with van der Waals surface area (Å²) in [7, 11) is -0.758. The minimum absolute atomic E-state index is 0.107. The normalized spacial score (nSPS) is 26.2. The second kappa shape index (κ2) is 38.6. The van der Waals surface area contributed by atoms with Crippen LogP contribution in [-0.2, 0) is 52.6 Å². The SMILES string of the molecule is CNC(CC(C)C)C(=O)NC1C(=O)NC(CC(N)=O)C(=O)NC2C(=O)NC3C(=O)NC(C(=O)NC(C(=O)O)c4cc(O)cc(O)c4-c4cc3ccc4O)C(O)c3ccc(c(Cl)c3)Oc3cc2cc(c3OC2OC(CO)C(O)C(O)C2OC2CC(C)(NCCCC[P+](c3ccccc3)(c3ccccc3)c3ccccc3)C(O)C(C)O2)Oc2ccc(cc2Cl)C1O. The standard InChI is InChI=1S/C88H96Cl2N9O24P/c1-42(2)31-56(92-5)80(110)98-71-73(105)45-24-27-60(54(89)33-45)119-62-35-47-36-63(77(62)123-87-78(76(108)75(107)64(41-100)121-87)122-66-40-88(4,79(109)43(3)118-66)93-29-15-16-30-124(49-17-9-6-10-18-49,50-19-11-7-12-20-50)51-21-13-8-14-22-51)120-61-28-25-46(34-55(61)90)74(106)72-85(115)97-70(86(116)117)53-37-48(101)38-59(103)67(53)52-32-44(23-26-58(52)102)68(82(112)99-72)96-83(113)69(47)95-81(111)57(39-65(91)104)94-84(71)114/h6-14,17-28,32-38,42-43,56-57,64,66,68-76,78-79,87,92-93,100,105-109H,15-16,29-31,39-41H2,1-5H3,(H11-,91,94,95,96,97,98,99,101,102,103,104,110,111,112,113,114,115,116,117)/p+1. The zero-order chi connectivity index (χ0) is 88.9. The average molecular weight is 1770 g/mol. The van der Waals surface area contributed by atoms with E-state index in [1.165, 1.54) is 35.1 Å². The van der Waals surface area contributed by atoms with Crippen molar-refractivity contribution >= 4 is 93.7 Å². The molecule has 7 amide bonds. The Morgan fingerprint density at radius 2 is 1.21 bits per heavy atom. The second-order valence-corrected chi connectivity index (χ2v) is 36.2. The number of hydrogen-bond donors (Lipinski definition) is 19. The van der Waals surface area contributed by atoms with Crippen molar-refractivity contribution in [2.24, 2.45) is 11.7 Å². The van der Waals surface area contributed by atoms with Crippen LogP contribution in [0.25, 0.3) is 11.1 Å². The fraction of sp³-hybridized carbons (Fsp3) is 0.364. The quantitative estimate of drug-likeness (QED) is 0.0328. The number of carboxylic acids is 1. The fourth-order valence-corrected chi connectivity index (χ4v) is 21.2. The van der Waals surface area contributed by atoms with Crippen LogP contribution in [0.1, 0.15) is 118 Å². The van der Waals surface area contributed by atoms with Crippen molar-refractivity contribution in [2.75, 3.05) is 26.4 Å². The number of halogens is 2. The van der Waals surface area contributed by atoms with Crippen LogP contribution in [0.5, 0.6) is 46.0 Å². The van der Waals surface area contributed by atoms with E-state index in [-0.39, 0.29) is 46.2 Å².